The van der Waals surface area contributed by atoms with Crippen LogP contribution in [0.2, 0.25) is 5.02 Å². The highest BCUT2D eigenvalue weighted by Gasteiger charge is 2.22. The molecule has 3 aromatic rings. The first-order valence-corrected chi connectivity index (χ1v) is 8.40. The van der Waals surface area contributed by atoms with E-state index < -0.39 is 0 Å². The van der Waals surface area contributed by atoms with Crippen LogP contribution in [0.25, 0.3) is 10.9 Å². The molecule has 0 fully saturated rings. The molecule has 0 saturated carbocycles. The summed E-state index contributed by atoms with van der Waals surface area (Å²) < 4.78 is 0. The second kappa shape index (κ2) is 5.87. The van der Waals surface area contributed by atoms with Crippen molar-refractivity contribution in [3.63, 3.8) is 0 Å². The van der Waals surface area contributed by atoms with Gasteiger partial charge in [-0.05, 0) is 48.7 Å². The van der Waals surface area contributed by atoms with Crippen LogP contribution < -0.4 is 10.6 Å². The Bertz CT molecular complexity index is 926. The van der Waals surface area contributed by atoms with E-state index in [9.17, 15) is 5.11 Å². The molecule has 1 aliphatic rings. The van der Waals surface area contributed by atoms with Crippen molar-refractivity contribution in [2.45, 2.75) is 19.4 Å². The highest BCUT2D eigenvalue weighted by Crippen LogP contribution is 2.36. The fourth-order valence-electron chi connectivity index (χ4n) is 3.38. The van der Waals surface area contributed by atoms with E-state index in [1.165, 1.54) is 0 Å². The molecule has 2 heterocycles. The maximum absolute atomic E-state index is 9.68. The first kappa shape index (κ1) is 15.1. The van der Waals surface area contributed by atoms with Gasteiger partial charge in [0.1, 0.15) is 11.6 Å². The van der Waals surface area contributed by atoms with Crippen LogP contribution in [0.1, 0.15) is 17.5 Å². The van der Waals surface area contributed by atoms with Gasteiger partial charge in [0.15, 0.2) is 0 Å². The topological polar surface area (TPSA) is 62.4 Å². The molecule has 24 heavy (non-hydrogen) atoms. The molecule has 3 N–H and O–H groups in total. The van der Waals surface area contributed by atoms with Gasteiger partial charge in [-0.2, -0.15) is 0 Å². The molecular weight excluding hydrogens is 322 g/mol. The molecule has 0 saturated heterocycles. The Morgan fingerprint density at radius 3 is 2.92 bits per heavy atom. The van der Waals surface area contributed by atoms with Crippen molar-refractivity contribution in [2.75, 3.05) is 17.2 Å². The van der Waals surface area contributed by atoms with Crippen molar-refractivity contribution in [1.82, 2.24) is 4.98 Å². The number of pyridine rings is 1. The van der Waals surface area contributed by atoms with Gasteiger partial charge < -0.3 is 15.7 Å². The number of halogens is 1. The molecule has 0 radical (unpaired) electrons. The predicted molar refractivity (Wildman–Crippen MR) is 98.6 cm³/mol. The van der Waals surface area contributed by atoms with E-state index in [1.54, 1.807) is 12.1 Å². The van der Waals surface area contributed by atoms with E-state index in [-0.39, 0.29) is 5.75 Å². The first-order chi connectivity index (χ1) is 11.6. The second-order valence-corrected chi connectivity index (χ2v) is 6.62. The molecule has 0 aliphatic carbocycles. The molecule has 0 amide bonds. The lowest BCUT2D eigenvalue weighted by atomic mass is 10.00. The number of aromatic hydroxyl groups is 1. The largest absolute Gasteiger partial charge is 0.508 e. The minimum Gasteiger partial charge on any atom is -0.508 e. The Balaban J connectivity index is 1.80. The highest BCUT2D eigenvalue weighted by atomic mass is 35.5. The van der Waals surface area contributed by atoms with Crippen LogP contribution in [0.5, 0.6) is 5.75 Å². The quantitative estimate of drug-likeness (QED) is 0.737. The fraction of sp³-hybridized carbons (Fsp3) is 0.211. The zero-order valence-corrected chi connectivity index (χ0v) is 13.9. The Morgan fingerprint density at radius 2 is 2.08 bits per heavy atom. The number of phenols is 1. The number of hydrogen-bond acceptors (Lipinski definition) is 4. The molecule has 122 valence electrons. The van der Waals surface area contributed by atoms with E-state index in [2.05, 4.69) is 4.90 Å². The number of nitrogens with zero attached hydrogens (tertiary/aromatic N) is 2. The van der Waals surface area contributed by atoms with Crippen LogP contribution in [-0.2, 0) is 13.0 Å². The Kier molecular flexibility index (Phi) is 3.69. The number of phenolic OH excluding ortho intramolecular Hbond substituents is 1. The number of anilines is 2. The van der Waals surface area contributed by atoms with Gasteiger partial charge in [0.05, 0.1) is 5.52 Å². The second-order valence-electron chi connectivity index (χ2n) is 6.18. The zero-order valence-electron chi connectivity index (χ0n) is 13.2. The van der Waals surface area contributed by atoms with Crippen molar-refractivity contribution >= 4 is 34.0 Å². The molecule has 2 aromatic carbocycles. The highest BCUT2D eigenvalue weighted by molar-refractivity contribution is 6.31. The normalized spacial score (nSPS) is 14.0. The summed E-state index contributed by atoms with van der Waals surface area (Å²) in [6, 6.07) is 13.0. The molecule has 0 unspecified atom stereocenters. The van der Waals surface area contributed by atoms with Gasteiger partial charge in [0.2, 0.25) is 0 Å². The average molecular weight is 340 g/mol. The smallest absolute Gasteiger partial charge is 0.134 e. The maximum Gasteiger partial charge on any atom is 0.134 e. The molecule has 0 spiro atoms. The summed E-state index contributed by atoms with van der Waals surface area (Å²) in [6.45, 7) is 1.61. The number of hydrogen-bond donors (Lipinski definition) is 2. The monoisotopic (exact) mass is 339 g/mol. The summed E-state index contributed by atoms with van der Waals surface area (Å²) in [6.07, 6.45) is 1.97. The third kappa shape index (κ3) is 2.63. The van der Waals surface area contributed by atoms with E-state index >= 15 is 0 Å². The number of nitrogens with two attached hydrogens (primary N) is 1. The predicted octanol–water partition coefficient (Wildman–Crippen LogP) is 4.13. The van der Waals surface area contributed by atoms with Gasteiger partial charge in [-0.25, -0.2) is 4.98 Å². The van der Waals surface area contributed by atoms with Crippen molar-refractivity contribution in [2.24, 2.45) is 0 Å². The summed E-state index contributed by atoms with van der Waals surface area (Å²) in [5.74, 6) is 1.21. The summed E-state index contributed by atoms with van der Waals surface area (Å²) >= 11 is 6.12. The molecule has 4 rings (SSSR count). The van der Waals surface area contributed by atoms with Crippen LogP contribution in [0.4, 0.5) is 11.5 Å². The fourth-order valence-corrected chi connectivity index (χ4v) is 3.55. The summed E-state index contributed by atoms with van der Waals surface area (Å²) in [5.41, 5.74) is 10.2. The van der Waals surface area contributed by atoms with Gasteiger partial charge in [0.25, 0.3) is 0 Å². The maximum atomic E-state index is 9.68. The van der Waals surface area contributed by atoms with E-state index in [0.717, 1.165) is 52.9 Å². The molecule has 0 bridgehead atoms. The lowest BCUT2D eigenvalue weighted by molar-refractivity contribution is 0.474. The van der Waals surface area contributed by atoms with Gasteiger partial charge in [-0.3, -0.25) is 0 Å². The van der Waals surface area contributed by atoms with E-state index in [4.69, 9.17) is 22.3 Å². The summed E-state index contributed by atoms with van der Waals surface area (Å²) in [4.78, 5) is 7.06. The van der Waals surface area contributed by atoms with Gasteiger partial charge in [-0.1, -0.05) is 23.7 Å². The molecule has 1 aliphatic heterocycles. The van der Waals surface area contributed by atoms with Crippen molar-refractivity contribution in [1.29, 1.82) is 0 Å². The molecular formula is C19H18ClN3O. The minimum absolute atomic E-state index is 0.280. The van der Waals surface area contributed by atoms with Crippen LogP contribution in [0, 0.1) is 0 Å². The standard InChI is InChI=1S/C19H18ClN3O/c20-13-6-7-15-17(10-13)22-19-16(18(15)21)5-2-8-23(19)11-12-3-1-4-14(24)9-12/h1,3-4,6-7,9-10,24H,2,5,8,11H2,(H2,21,22). The number of rotatable bonds is 2. The van der Waals surface area contributed by atoms with Gasteiger partial charge >= 0.3 is 0 Å². The summed E-state index contributed by atoms with van der Waals surface area (Å²) in [5, 5.41) is 11.3. The van der Waals surface area contributed by atoms with Crippen LogP contribution >= 0.6 is 11.6 Å². The lowest BCUT2D eigenvalue weighted by Crippen LogP contribution is -2.30. The van der Waals surface area contributed by atoms with Crippen LogP contribution in [-0.4, -0.2) is 16.6 Å². The summed E-state index contributed by atoms with van der Waals surface area (Å²) in [7, 11) is 0. The molecule has 5 heteroatoms. The zero-order chi connectivity index (χ0) is 16.7. The lowest BCUT2D eigenvalue weighted by Gasteiger charge is -2.31. The molecule has 0 atom stereocenters. The minimum atomic E-state index is 0.280. The Hall–Kier alpha value is -2.46. The number of aromatic nitrogens is 1. The third-order valence-corrected chi connectivity index (χ3v) is 4.74. The van der Waals surface area contributed by atoms with E-state index in [1.807, 2.05) is 30.3 Å². The van der Waals surface area contributed by atoms with Crippen LogP contribution in [0.15, 0.2) is 42.5 Å². The van der Waals surface area contributed by atoms with Crippen molar-refractivity contribution in [3.05, 3.63) is 58.6 Å². The van der Waals surface area contributed by atoms with E-state index in [0.29, 0.717) is 11.6 Å². The average Bonchev–Trinajstić information content (AvgIpc) is 2.56. The SMILES string of the molecule is Nc1c2c(nc3cc(Cl)ccc13)N(Cc1cccc(O)c1)CCC2. The Labute approximate surface area is 145 Å². The Morgan fingerprint density at radius 1 is 1.21 bits per heavy atom. The number of benzene rings is 2. The third-order valence-electron chi connectivity index (χ3n) is 4.51. The first-order valence-electron chi connectivity index (χ1n) is 8.02. The molecule has 4 nitrogen and oxygen atoms in total. The van der Waals surface area contributed by atoms with Crippen molar-refractivity contribution < 1.29 is 5.11 Å². The van der Waals surface area contributed by atoms with Crippen LogP contribution in [0.3, 0.4) is 0 Å². The van der Waals surface area contributed by atoms with Gasteiger partial charge in [0, 0.05) is 34.7 Å². The molecule has 1 aromatic heterocycles. The van der Waals surface area contributed by atoms with Crippen molar-refractivity contribution in [3.8, 4) is 5.75 Å². The number of fused-ring (bicyclic) bond motifs is 2. The van der Waals surface area contributed by atoms with Gasteiger partial charge in [-0.15, -0.1) is 0 Å². The number of nitrogen functional groups attached to an aromatic ring is 1.